The van der Waals surface area contributed by atoms with Gasteiger partial charge >= 0.3 is 0 Å². The lowest BCUT2D eigenvalue weighted by Crippen LogP contribution is -2.39. The van der Waals surface area contributed by atoms with Crippen LogP contribution in [0.1, 0.15) is 48.3 Å². The fourth-order valence-corrected chi connectivity index (χ4v) is 3.88. The van der Waals surface area contributed by atoms with Gasteiger partial charge in [0.05, 0.1) is 12.1 Å². The summed E-state index contributed by atoms with van der Waals surface area (Å²) in [6, 6.07) is 6.21. The SMILES string of the molecule is Cc1noc(C)c1CC(=O)N(Cc1ccc2c(c1)OCO2)C1CCCC1. The summed E-state index contributed by atoms with van der Waals surface area (Å²) < 4.78 is 16.1. The summed E-state index contributed by atoms with van der Waals surface area (Å²) in [5.41, 5.74) is 2.77. The monoisotopic (exact) mass is 356 g/mol. The molecule has 2 heterocycles. The number of nitrogens with zero attached hydrogens (tertiary/aromatic N) is 2. The fraction of sp³-hybridized carbons (Fsp3) is 0.500. The van der Waals surface area contributed by atoms with Crippen LogP contribution < -0.4 is 9.47 Å². The summed E-state index contributed by atoms with van der Waals surface area (Å²) in [5, 5.41) is 3.97. The normalized spacial score (nSPS) is 16.2. The number of aryl methyl sites for hydroxylation is 2. The van der Waals surface area contributed by atoms with Gasteiger partial charge in [0.25, 0.3) is 0 Å². The van der Waals surface area contributed by atoms with E-state index >= 15 is 0 Å². The van der Waals surface area contributed by atoms with Crippen molar-refractivity contribution in [1.82, 2.24) is 10.1 Å². The first-order valence-electron chi connectivity index (χ1n) is 9.21. The fourth-order valence-electron chi connectivity index (χ4n) is 3.88. The molecule has 0 saturated heterocycles. The van der Waals surface area contributed by atoms with Crippen LogP contribution in [0.4, 0.5) is 0 Å². The number of carbonyl (C=O) groups excluding carboxylic acids is 1. The van der Waals surface area contributed by atoms with Crippen molar-refractivity contribution in [3.8, 4) is 11.5 Å². The van der Waals surface area contributed by atoms with Crippen molar-refractivity contribution in [2.24, 2.45) is 0 Å². The molecule has 1 aromatic heterocycles. The van der Waals surface area contributed by atoms with Crippen molar-refractivity contribution in [2.75, 3.05) is 6.79 Å². The highest BCUT2D eigenvalue weighted by Gasteiger charge is 2.28. The van der Waals surface area contributed by atoms with Crippen LogP contribution in [0.25, 0.3) is 0 Å². The zero-order valence-electron chi connectivity index (χ0n) is 15.3. The molecule has 26 heavy (non-hydrogen) atoms. The van der Waals surface area contributed by atoms with Gasteiger partial charge in [-0.1, -0.05) is 24.1 Å². The predicted molar refractivity (Wildman–Crippen MR) is 95.1 cm³/mol. The molecule has 1 saturated carbocycles. The largest absolute Gasteiger partial charge is 0.454 e. The lowest BCUT2D eigenvalue weighted by molar-refractivity contribution is -0.133. The minimum atomic E-state index is 0.129. The Balaban J connectivity index is 1.55. The number of ether oxygens (including phenoxy) is 2. The van der Waals surface area contributed by atoms with Crippen LogP contribution >= 0.6 is 0 Å². The van der Waals surface area contributed by atoms with Crippen molar-refractivity contribution in [1.29, 1.82) is 0 Å². The topological polar surface area (TPSA) is 64.8 Å². The van der Waals surface area contributed by atoms with Gasteiger partial charge < -0.3 is 18.9 Å². The highest BCUT2D eigenvalue weighted by atomic mass is 16.7. The number of fused-ring (bicyclic) bond motifs is 1. The van der Waals surface area contributed by atoms with Gasteiger partial charge in [-0.15, -0.1) is 0 Å². The number of hydrogen-bond donors (Lipinski definition) is 0. The summed E-state index contributed by atoms with van der Waals surface area (Å²) in [5.74, 6) is 2.38. The predicted octanol–water partition coefficient (Wildman–Crippen LogP) is 3.53. The quantitative estimate of drug-likeness (QED) is 0.820. The Labute approximate surface area is 153 Å². The van der Waals surface area contributed by atoms with E-state index in [-0.39, 0.29) is 12.7 Å². The van der Waals surface area contributed by atoms with E-state index in [0.29, 0.717) is 19.0 Å². The third-order valence-corrected chi connectivity index (χ3v) is 5.38. The Hall–Kier alpha value is -2.50. The molecule has 0 N–H and O–H groups in total. The van der Waals surface area contributed by atoms with Gasteiger partial charge in [-0.3, -0.25) is 4.79 Å². The van der Waals surface area contributed by atoms with E-state index in [0.717, 1.165) is 46.9 Å². The van der Waals surface area contributed by atoms with E-state index < -0.39 is 0 Å². The van der Waals surface area contributed by atoms with Crippen LogP contribution in [-0.4, -0.2) is 28.8 Å². The third kappa shape index (κ3) is 3.28. The van der Waals surface area contributed by atoms with Gasteiger partial charge in [0.15, 0.2) is 11.5 Å². The van der Waals surface area contributed by atoms with Crippen LogP contribution in [0.15, 0.2) is 22.7 Å². The van der Waals surface area contributed by atoms with Gasteiger partial charge in [-0.2, -0.15) is 0 Å². The average Bonchev–Trinajstić information content (AvgIpc) is 3.37. The van der Waals surface area contributed by atoms with Gasteiger partial charge in [-0.25, -0.2) is 0 Å². The summed E-state index contributed by atoms with van der Waals surface area (Å²) in [4.78, 5) is 15.2. The second-order valence-corrected chi connectivity index (χ2v) is 7.13. The number of rotatable bonds is 5. The first-order chi connectivity index (χ1) is 12.6. The minimum Gasteiger partial charge on any atom is -0.454 e. The Morgan fingerprint density at radius 1 is 1.19 bits per heavy atom. The summed E-state index contributed by atoms with van der Waals surface area (Å²) in [6.07, 6.45) is 4.83. The van der Waals surface area contributed by atoms with Crippen LogP contribution in [0.3, 0.4) is 0 Å². The summed E-state index contributed by atoms with van der Waals surface area (Å²) in [6.45, 7) is 4.59. The number of amides is 1. The van der Waals surface area contributed by atoms with Gasteiger partial charge in [-0.05, 0) is 44.4 Å². The van der Waals surface area contributed by atoms with E-state index in [2.05, 4.69) is 5.16 Å². The molecule has 6 heteroatoms. The Kier molecular flexibility index (Phi) is 4.57. The highest BCUT2D eigenvalue weighted by molar-refractivity contribution is 5.79. The summed E-state index contributed by atoms with van der Waals surface area (Å²) >= 11 is 0. The van der Waals surface area contributed by atoms with E-state index in [9.17, 15) is 4.79 Å². The van der Waals surface area contributed by atoms with Gasteiger partial charge in [0, 0.05) is 18.2 Å². The van der Waals surface area contributed by atoms with Crippen molar-refractivity contribution in [2.45, 2.75) is 58.5 Å². The molecule has 6 nitrogen and oxygen atoms in total. The van der Waals surface area contributed by atoms with Crippen LogP contribution in [0, 0.1) is 13.8 Å². The standard InChI is InChI=1S/C20H24N2O4/c1-13-17(14(2)26-21-13)10-20(23)22(16-5-3-4-6-16)11-15-7-8-18-19(9-15)25-12-24-18/h7-9,16H,3-6,10-12H2,1-2H3. The molecule has 0 unspecified atom stereocenters. The molecule has 138 valence electrons. The molecule has 1 aliphatic carbocycles. The maximum absolute atomic E-state index is 13.1. The molecule has 1 aromatic carbocycles. The van der Waals surface area contributed by atoms with E-state index in [4.69, 9.17) is 14.0 Å². The molecule has 0 atom stereocenters. The van der Waals surface area contributed by atoms with E-state index in [1.165, 1.54) is 12.8 Å². The van der Waals surface area contributed by atoms with Crippen LogP contribution in [0.2, 0.25) is 0 Å². The molecule has 4 rings (SSSR count). The lowest BCUT2D eigenvalue weighted by atomic mass is 10.1. The number of hydrogen-bond acceptors (Lipinski definition) is 5. The molecule has 1 amide bonds. The maximum atomic E-state index is 13.1. The smallest absolute Gasteiger partial charge is 0.231 e. The second-order valence-electron chi connectivity index (χ2n) is 7.13. The number of benzene rings is 1. The highest BCUT2D eigenvalue weighted by Crippen LogP contribution is 2.34. The number of aromatic nitrogens is 1. The lowest BCUT2D eigenvalue weighted by Gasteiger charge is -2.29. The third-order valence-electron chi connectivity index (χ3n) is 5.38. The molecular formula is C20H24N2O4. The first kappa shape index (κ1) is 16.9. The van der Waals surface area contributed by atoms with E-state index in [1.54, 1.807) is 0 Å². The van der Waals surface area contributed by atoms with Crippen LogP contribution in [0.5, 0.6) is 11.5 Å². The maximum Gasteiger partial charge on any atom is 0.231 e. The van der Waals surface area contributed by atoms with Crippen molar-refractivity contribution < 1.29 is 18.8 Å². The Bertz CT molecular complexity index is 789. The average molecular weight is 356 g/mol. The van der Waals surface area contributed by atoms with Gasteiger partial charge in [0.2, 0.25) is 12.7 Å². The molecule has 2 aromatic rings. The second kappa shape index (κ2) is 7.02. The summed E-state index contributed by atoms with van der Waals surface area (Å²) in [7, 11) is 0. The molecule has 2 aliphatic rings. The molecule has 0 radical (unpaired) electrons. The van der Waals surface area contributed by atoms with Crippen LogP contribution in [-0.2, 0) is 17.8 Å². The molecule has 0 bridgehead atoms. The zero-order chi connectivity index (χ0) is 18.1. The minimum absolute atomic E-state index is 0.129. The molecular weight excluding hydrogens is 332 g/mol. The number of carbonyl (C=O) groups is 1. The van der Waals surface area contributed by atoms with Crippen molar-refractivity contribution in [3.63, 3.8) is 0 Å². The Morgan fingerprint density at radius 3 is 2.69 bits per heavy atom. The van der Waals surface area contributed by atoms with E-state index in [1.807, 2.05) is 36.9 Å². The van der Waals surface area contributed by atoms with Gasteiger partial charge in [0.1, 0.15) is 5.76 Å². The van der Waals surface area contributed by atoms with Crippen molar-refractivity contribution in [3.05, 3.63) is 40.8 Å². The Morgan fingerprint density at radius 2 is 1.96 bits per heavy atom. The molecule has 0 spiro atoms. The zero-order valence-corrected chi connectivity index (χ0v) is 15.3. The molecule has 1 fully saturated rings. The van der Waals surface area contributed by atoms with Crippen molar-refractivity contribution >= 4 is 5.91 Å². The molecule has 1 aliphatic heterocycles. The first-order valence-corrected chi connectivity index (χ1v) is 9.21.